The lowest BCUT2D eigenvalue weighted by molar-refractivity contribution is -0.116. The van der Waals surface area contributed by atoms with Crippen molar-refractivity contribution in [3.8, 4) is 0 Å². The van der Waals surface area contributed by atoms with E-state index in [0.717, 1.165) is 72.2 Å². The van der Waals surface area contributed by atoms with Gasteiger partial charge in [0.15, 0.2) is 0 Å². The number of rotatable bonds is 15. The number of aromatic nitrogens is 1. The quantitative estimate of drug-likeness (QED) is 0.0864. The van der Waals surface area contributed by atoms with E-state index < -0.39 is 5.97 Å². The molecular weight excluding hydrogens is 523 g/mol. The Hall–Kier alpha value is -3.90. The molecule has 1 aromatic heterocycles. The number of hydrogen-bond donors (Lipinski definition) is 2. The van der Waals surface area contributed by atoms with Crippen molar-refractivity contribution >= 4 is 23.0 Å². The van der Waals surface area contributed by atoms with Gasteiger partial charge in [0.25, 0.3) is 0 Å². The van der Waals surface area contributed by atoms with Gasteiger partial charge in [0.05, 0.1) is 6.04 Å². The molecule has 0 fully saturated rings. The number of amides is 1. The highest BCUT2D eigenvalue weighted by molar-refractivity contribution is 6.01. The third-order valence-corrected chi connectivity index (χ3v) is 7.27. The van der Waals surface area contributed by atoms with Gasteiger partial charge in [0, 0.05) is 42.7 Å². The Morgan fingerprint density at radius 3 is 2.48 bits per heavy atom. The van der Waals surface area contributed by atoms with E-state index in [4.69, 9.17) is 4.98 Å². The zero-order valence-corrected chi connectivity index (χ0v) is 25.7. The lowest BCUT2D eigenvalue weighted by atomic mass is 9.86. The molecule has 0 aliphatic carbocycles. The van der Waals surface area contributed by atoms with Gasteiger partial charge in [-0.05, 0) is 86.0 Å². The standard InChI is InChI=1S/C36H45FN4O/c1-6-13-32(28-14-9-8-10-15-28)35(29-19-18-26(3)33(24-29)36(37)41-27(4)7-2)30-20-21-31(40-25-30)16-11-22-39-23-12-17-34(42)38-5/h8-10,12,14-15,17-21,24-25,27,39H,6-7,11,13,16,22-23H2,1-5H3,(H,38,42)/b17-12+,35-32-,41-36?. The number of aliphatic imine (C=N–C) groups is 1. The van der Waals surface area contributed by atoms with Gasteiger partial charge in [-0.2, -0.15) is 4.39 Å². The van der Waals surface area contributed by atoms with Crippen LogP contribution in [0.15, 0.2) is 84.0 Å². The Balaban J connectivity index is 1.94. The minimum Gasteiger partial charge on any atom is -0.356 e. The van der Waals surface area contributed by atoms with Crippen LogP contribution in [0.1, 0.15) is 80.0 Å². The van der Waals surface area contributed by atoms with Crippen molar-refractivity contribution in [2.45, 2.75) is 65.8 Å². The second kappa shape index (κ2) is 17.1. The number of hydrogen-bond acceptors (Lipinski definition) is 4. The van der Waals surface area contributed by atoms with Crippen molar-refractivity contribution in [3.05, 3.63) is 113 Å². The number of carbonyl (C=O) groups excluding carboxylic acids is 1. The number of halogens is 1. The number of aryl methyl sites for hydroxylation is 2. The minimum absolute atomic E-state index is 0.0750. The fourth-order valence-electron chi connectivity index (χ4n) is 4.72. The van der Waals surface area contributed by atoms with Gasteiger partial charge >= 0.3 is 0 Å². The Morgan fingerprint density at radius 1 is 1.05 bits per heavy atom. The summed E-state index contributed by atoms with van der Waals surface area (Å²) < 4.78 is 15.4. The van der Waals surface area contributed by atoms with Gasteiger partial charge in [-0.1, -0.05) is 74.9 Å². The van der Waals surface area contributed by atoms with E-state index in [1.54, 1.807) is 7.05 Å². The highest BCUT2D eigenvalue weighted by atomic mass is 19.1. The first kappa shape index (κ1) is 32.6. The maximum Gasteiger partial charge on any atom is 0.243 e. The van der Waals surface area contributed by atoms with Crippen LogP contribution in [-0.2, 0) is 11.2 Å². The number of likely N-dealkylation sites (N-methyl/N-ethyl adjacent to an activating group) is 1. The monoisotopic (exact) mass is 568 g/mol. The van der Waals surface area contributed by atoms with E-state index in [1.165, 1.54) is 11.6 Å². The van der Waals surface area contributed by atoms with Crippen molar-refractivity contribution in [2.75, 3.05) is 20.1 Å². The van der Waals surface area contributed by atoms with E-state index in [9.17, 15) is 4.79 Å². The van der Waals surface area contributed by atoms with Crippen LogP contribution in [-0.4, -0.2) is 43.0 Å². The molecule has 1 unspecified atom stereocenters. The van der Waals surface area contributed by atoms with Gasteiger partial charge in [0.1, 0.15) is 0 Å². The van der Waals surface area contributed by atoms with Crippen LogP contribution in [0.3, 0.4) is 0 Å². The number of pyridine rings is 1. The predicted molar refractivity (Wildman–Crippen MR) is 174 cm³/mol. The third-order valence-electron chi connectivity index (χ3n) is 7.27. The average molecular weight is 569 g/mol. The zero-order valence-electron chi connectivity index (χ0n) is 25.7. The van der Waals surface area contributed by atoms with Gasteiger partial charge in [-0.25, -0.2) is 0 Å². The first-order chi connectivity index (χ1) is 20.4. The Morgan fingerprint density at radius 2 is 1.81 bits per heavy atom. The maximum absolute atomic E-state index is 15.4. The molecule has 1 atom stereocenters. The second-order valence-corrected chi connectivity index (χ2v) is 10.5. The fraction of sp³-hybridized carbons (Fsp3) is 0.361. The van der Waals surface area contributed by atoms with Crippen LogP contribution in [0.2, 0.25) is 0 Å². The van der Waals surface area contributed by atoms with Crippen molar-refractivity contribution in [1.82, 2.24) is 15.6 Å². The molecule has 1 amide bonds. The highest BCUT2D eigenvalue weighted by Crippen LogP contribution is 2.36. The Bertz CT molecular complexity index is 1380. The molecule has 42 heavy (non-hydrogen) atoms. The topological polar surface area (TPSA) is 66.4 Å². The Kier molecular flexibility index (Phi) is 13.3. The van der Waals surface area contributed by atoms with Crippen LogP contribution in [0.25, 0.3) is 11.1 Å². The van der Waals surface area contributed by atoms with Crippen LogP contribution in [0, 0.1) is 6.92 Å². The molecule has 2 aromatic carbocycles. The second-order valence-electron chi connectivity index (χ2n) is 10.5. The van der Waals surface area contributed by atoms with Crippen LogP contribution < -0.4 is 10.6 Å². The smallest absolute Gasteiger partial charge is 0.243 e. The molecule has 3 rings (SSSR count). The molecule has 0 saturated carbocycles. The number of nitrogens with one attached hydrogen (secondary N) is 2. The van der Waals surface area contributed by atoms with Crippen molar-refractivity contribution in [3.63, 3.8) is 0 Å². The van der Waals surface area contributed by atoms with Crippen molar-refractivity contribution in [2.24, 2.45) is 4.99 Å². The molecule has 0 aliphatic rings. The van der Waals surface area contributed by atoms with E-state index in [2.05, 4.69) is 65.0 Å². The summed E-state index contributed by atoms with van der Waals surface area (Å²) in [5, 5.41) is 5.89. The van der Waals surface area contributed by atoms with Crippen molar-refractivity contribution < 1.29 is 9.18 Å². The van der Waals surface area contributed by atoms with Gasteiger partial charge in [0.2, 0.25) is 11.9 Å². The van der Waals surface area contributed by atoms with E-state index in [-0.39, 0.29) is 11.9 Å². The van der Waals surface area contributed by atoms with Crippen LogP contribution >= 0.6 is 0 Å². The number of benzene rings is 2. The van der Waals surface area contributed by atoms with Crippen LogP contribution in [0.5, 0.6) is 0 Å². The molecule has 2 N–H and O–H groups in total. The average Bonchev–Trinajstić information content (AvgIpc) is 3.01. The molecule has 6 heteroatoms. The van der Waals surface area contributed by atoms with Gasteiger partial charge in [-0.15, -0.1) is 0 Å². The first-order valence-electron chi connectivity index (χ1n) is 15.0. The molecule has 5 nitrogen and oxygen atoms in total. The summed E-state index contributed by atoms with van der Waals surface area (Å²) in [5.41, 5.74) is 7.85. The summed E-state index contributed by atoms with van der Waals surface area (Å²) in [6.45, 7) is 9.55. The van der Waals surface area contributed by atoms with E-state index in [1.807, 2.05) is 51.2 Å². The van der Waals surface area contributed by atoms with Crippen molar-refractivity contribution in [1.29, 1.82) is 0 Å². The van der Waals surface area contributed by atoms with Gasteiger partial charge in [-0.3, -0.25) is 14.8 Å². The summed E-state index contributed by atoms with van der Waals surface area (Å²) in [6.07, 6.45) is 9.73. The summed E-state index contributed by atoms with van der Waals surface area (Å²) >= 11 is 0. The largest absolute Gasteiger partial charge is 0.356 e. The minimum atomic E-state index is -0.411. The Labute approximate surface area is 251 Å². The molecule has 0 saturated heterocycles. The SMILES string of the molecule is CCC/C(=C(/c1ccc(CCCNC/C=C/C(=O)NC)nc1)c1ccc(C)c(C(F)=NC(C)CC)c1)c1ccccc1. The molecule has 1 heterocycles. The molecule has 3 aromatic rings. The first-order valence-corrected chi connectivity index (χ1v) is 15.0. The number of allylic oxidation sites excluding steroid dienone is 1. The molecule has 222 valence electrons. The summed E-state index contributed by atoms with van der Waals surface area (Å²) in [5.74, 6) is -0.513. The summed E-state index contributed by atoms with van der Waals surface area (Å²) in [4.78, 5) is 20.4. The number of carbonyl (C=O) groups is 1. The number of nitrogens with zero attached hydrogens (tertiary/aromatic N) is 2. The molecule has 0 radical (unpaired) electrons. The normalized spacial score (nSPS) is 13.2. The van der Waals surface area contributed by atoms with E-state index >= 15 is 4.39 Å². The lowest BCUT2D eigenvalue weighted by Gasteiger charge is -2.18. The fourth-order valence-corrected chi connectivity index (χ4v) is 4.72. The molecule has 0 spiro atoms. The summed E-state index contributed by atoms with van der Waals surface area (Å²) in [6, 6.07) is 20.6. The lowest BCUT2D eigenvalue weighted by Crippen LogP contribution is -2.18. The highest BCUT2D eigenvalue weighted by Gasteiger charge is 2.17. The zero-order chi connectivity index (χ0) is 30.3. The molecular formula is C36H45FN4O. The molecule has 0 aliphatic heterocycles. The molecule has 0 bridgehead atoms. The maximum atomic E-state index is 15.4. The summed E-state index contributed by atoms with van der Waals surface area (Å²) in [7, 11) is 1.62. The predicted octanol–water partition coefficient (Wildman–Crippen LogP) is 7.49. The van der Waals surface area contributed by atoms with Gasteiger partial charge < -0.3 is 10.6 Å². The van der Waals surface area contributed by atoms with Crippen LogP contribution in [0.4, 0.5) is 4.39 Å². The third kappa shape index (κ3) is 9.59. The van der Waals surface area contributed by atoms with E-state index in [0.29, 0.717) is 12.1 Å².